The van der Waals surface area contributed by atoms with Crippen molar-refractivity contribution in [3.8, 4) is 0 Å². The Morgan fingerprint density at radius 2 is 0.857 bits per heavy atom. The quantitative estimate of drug-likeness (QED) is 0.587. The van der Waals surface area contributed by atoms with Crippen LogP contribution in [0.1, 0.15) is 0 Å². The third kappa shape index (κ3) is 4.16. The van der Waals surface area contributed by atoms with Crippen molar-refractivity contribution in [1.82, 2.24) is 0 Å². The summed E-state index contributed by atoms with van der Waals surface area (Å²) in [6.07, 6.45) is 0. The third-order valence-electron chi connectivity index (χ3n) is 3.60. The predicted octanol–water partition coefficient (Wildman–Crippen LogP) is 3.29. The van der Waals surface area contributed by atoms with Crippen molar-refractivity contribution in [1.29, 1.82) is 0 Å². The van der Waals surface area contributed by atoms with Crippen molar-refractivity contribution in [3.05, 3.63) is 0 Å². The fourth-order valence-electron chi connectivity index (χ4n) is 4.08. The maximum atomic E-state index is 2.67. The minimum absolute atomic E-state index is 0.300. The Morgan fingerprint density at radius 3 is 1.07 bits per heavy atom. The van der Waals surface area contributed by atoms with Crippen molar-refractivity contribution >= 4 is 33.7 Å². The van der Waals surface area contributed by atoms with E-state index in [4.69, 9.17) is 0 Å². The Balaban J connectivity index is 2.71. The van der Waals surface area contributed by atoms with Gasteiger partial charge in [0.2, 0.25) is 0 Å². The maximum absolute atomic E-state index is 2.67. The lowest BCUT2D eigenvalue weighted by Gasteiger charge is -2.37. The average molecular weight is 261 g/mol. The van der Waals surface area contributed by atoms with E-state index >= 15 is 0 Å². The molecule has 0 aromatic carbocycles. The predicted molar refractivity (Wildman–Crippen MR) is 80.2 cm³/mol. The molecule has 1 rings (SSSR count). The van der Waals surface area contributed by atoms with E-state index in [0.717, 1.165) is 0 Å². The van der Waals surface area contributed by atoms with Gasteiger partial charge in [-0.15, -0.1) is 0 Å². The Bertz CT molecular complexity index is 162. The van der Waals surface area contributed by atoms with Gasteiger partial charge in [-0.2, -0.15) is 0 Å². The molecular weight excluding hydrogens is 232 g/mol. The summed E-state index contributed by atoms with van der Waals surface area (Å²) in [6, 6.07) is 0. The van der Waals surface area contributed by atoms with E-state index in [2.05, 4.69) is 39.3 Å². The minimum atomic E-state index is -0.716. The molecule has 84 valence electrons. The Hall–Kier alpha value is 0.868. The first-order valence-corrected chi connectivity index (χ1v) is 18.6. The molecule has 0 aliphatic carbocycles. The Kier molecular flexibility index (Phi) is 4.06. The van der Waals surface area contributed by atoms with E-state index in [1.165, 1.54) is 0 Å². The molecule has 0 unspecified atom stereocenters. The molecule has 0 aromatic heterocycles. The molecule has 14 heavy (non-hydrogen) atoms. The van der Waals surface area contributed by atoms with Gasteiger partial charge in [0.15, 0.2) is 0 Å². The van der Waals surface area contributed by atoms with Crippen LogP contribution in [-0.4, -0.2) is 33.7 Å². The largest absolute Gasteiger partial charge is 0.0724 e. The molecule has 1 aliphatic heterocycles. The lowest BCUT2D eigenvalue weighted by Crippen LogP contribution is -2.46. The molecule has 0 saturated carbocycles. The van der Waals surface area contributed by atoms with Gasteiger partial charge in [0.05, 0.1) is 0 Å². The topological polar surface area (TPSA) is 0 Å². The zero-order chi connectivity index (χ0) is 11.0. The van der Waals surface area contributed by atoms with Gasteiger partial charge in [0.25, 0.3) is 0 Å². The van der Waals surface area contributed by atoms with E-state index in [1.807, 2.05) is 0 Å². The van der Waals surface area contributed by atoms with Gasteiger partial charge in [-0.05, 0) is 0 Å². The van der Waals surface area contributed by atoms with E-state index in [9.17, 15) is 0 Å². The molecule has 0 radical (unpaired) electrons. The van der Waals surface area contributed by atoms with Crippen LogP contribution in [0.2, 0.25) is 62.0 Å². The zero-order valence-electron chi connectivity index (χ0n) is 11.0. The molecule has 0 amide bonds. The molecule has 0 aromatic rings. The molecule has 0 bridgehead atoms. The summed E-state index contributed by atoms with van der Waals surface area (Å²) < 4.78 is 0. The molecule has 1 heterocycles. The molecule has 4 heteroatoms. The fraction of sp³-hybridized carbons (Fsp3) is 1.00. The monoisotopic (exact) mass is 260 g/mol. The zero-order valence-corrected chi connectivity index (χ0v) is 15.3. The Morgan fingerprint density at radius 1 is 0.643 bits per heavy atom. The van der Waals surface area contributed by atoms with Crippen molar-refractivity contribution in [3.63, 3.8) is 0 Å². The van der Waals surface area contributed by atoms with Gasteiger partial charge < -0.3 is 0 Å². The summed E-state index contributed by atoms with van der Waals surface area (Å²) in [5, 5.41) is 0. The van der Waals surface area contributed by atoms with Gasteiger partial charge in [-0.3, -0.25) is 0 Å². The highest BCUT2D eigenvalue weighted by atomic mass is 28.4. The van der Waals surface area contributed by atoms with Crippen molar-refractivity contribution in [2.45, 2.75) is 62.0 Å². The van der Waals surface area contributed by atoms with Gasteiger partial charge in [-0.1, -0.05) is 62.0 Å². The highest BCUT2D eigenvalue weighted by molar-refractivity contribution is 7.04. The molecule has 0 atom stereocenters. The van der Waals surface area contributed by atoms with Crippen molar-refractivity contribution < 1.29 is 0 Å². The standard InChI is InChI=1S/C10H28Si4/c1-11-7-13(3,4)9-12(2)10-14(5,6)8-11/h11-12H,7-10H2,1-6H3. The van der Waals surface area contributed by atoms with Crippen LogP contribution < -0.4 is 0 Å². The summed E-state index contributed by atoms with van der Waals surface area (Å²) in [6.45, 7) is 16.0. The van der Waals surface area contributed by atoms with Gasteiger partial charge in [-0.25, -0.2) is 0 Å². The number of rotatable bonds is 0. The van der Waals surface area contributed by atoms with E-state index in [0.29, 0.717) is 0 Å². The van der Waals surface area contributed by atoms with Crippen molar-refractivity contribution in [2.75, 3.05) is 0 Å². The van der Waals surface area contributed by atoms with Gasteiger partial charge in [0.1, 0.15) is 0 Å². The second kappa shape index (κ2) is 4.39. The summed E-state index contributed by atoms with van der Waals surface area (Å²) in [5.74, 6) is 0. The first-order chi connectivity index (χ1) is 6.20. The lowest BCUT2D eigenvalue weighted by molar-refractivity contribution is 1.42. The van der Waals surface area contributed by atoms with Crippen LogP contribution >= 0.6 is 0 Å². The van der Waals surface area contributed by atoms with Crippen molar-refractivity contribution in [2.24, 2.45) is 0 Å². The lowest BCUT2D eigenvalue weighted by atomic mass is 11.7. The first-order valence-electron chi connectivity index (χ1n) is 6.20. The molecule has 0 nitrogen and oxygen atoms in total. The van der Waals surface area contributed by atoms with Crippen LogP contribution in [0.5, 0.6) is 0 Å². The Labute approximate surface area is 95.7 Å². The van der Waals surface area contributed by atoms with Gasteiger partial charge in [0, 0.05) is 33.7 Å². The summed E-state index contributed by atoms with van der Waals surface area (Å²) in [7, 11) is -2.03. The second-order valence-corrected chi connectivity index (χ2v) is 27.0. The highest BCUT2D eigenvalue weighted by Gasteiger charge is 2.35. The van der Waals surface area contributed by atoms with Crippen LogP contribution in [-0.2, 0) is 0 Å². The average Bonchev–Trinajstić information content (AvgIpc) is 1.74. The van der Waals surface area contributed by atoms with E-state index in [-0.39, 0.29) is 17.6 Å². The maximum Gasteiger partial charge on any atom is 0.0416 e. The normalized spacial score (nSPS) is 37.3. The smallest absolute Gasteiger partial charge is 0.0416 e. The summed E-state index contributed by atoms with van der Waals surface area (Å²) in [4.78, 5) is 0. The van der Waals surface area contributed by atoms with Crippen LogP contribution in [0.4, 0.5) is 0 Å². The molecule has 1 fully saturated rings. The summed E-state index contributed by atoms with van der Waals surface area (Å²) >= 11 is 0. The fourth-order valence-corrected chi connectivity index (χ4v) is 42.4. The molecule has 1 aliphatic rings. The van der Waals surface area contributed by atoms with Crippen LogP contribution in [0.3, 0.4) is 0 Å². The van der Waals surface area contributed by atoms with Crippen LogP contribution in [0.15, 0.2) is 0 Å². The first kappa shape index (κ1) is 12.9. The highest BCUT2D eigenvalue weighted by Crippen LogP contribution is 2.30. The third-order valence-corrected chi connectivity index (χ3v) is 32.4. The molecular formula is C10H28Si4. The second-order valence-electron chi connectivity index (χ2n) is 7.36. The van der Waals surface area contributed by atoms with E-state index in [1.54, 1.807) is 22.7 Å². The number of hydrogen-bond acceptors (Lipinski definition) is 0. The van der Waals surface area contributed by atoms with Crippen LogP contribution in [0, 0.1) is 0 Å². The van der Waals surface area contributed by atoms with Crippen LogP contribution in [0.25, 0.3) is 0 Å². The molecule has 1 saturated heterocycles. The SMILES string of the molecule is C[SiH]1C[Si](C)(C)C[SiH](C)C[Si](C)(C)C1. The van der Waals surface area contributed by atoms with Gasteiger partial charge >= 0.3 is 0 Å². The summed E-state index contributed by atoms with van der Waals surface area (Å²) in [5.41, 5.74) is 7.00. The molecule has 0 N–H and O–H groups in total. The number of hydrogen-bond donors (Lipinski definition) is 0. The minimum Gasteiger partial charge on any atom is -0.0724 e. The molecule has 0 spiro atoms. The van der Waals surface area contributed by atoms with E-state index < -0.39 is 16.1 Å².